The van der Waals surface area contributed by atoms with Gasteiger partial charge < -0.3 is 22.8 Å². The number of carbonyl (C=O) groups excluding carboxylic acids is 1. The Balaban J connectivity index is 5.62. The SMILES string of the molecule is CCOC(=O)C(CP(=O)(OCC)OCC)P(=O)(OCC)OCC. The maximum atomic E-state index is 12.9. The highest BCUT2D eigenvalue weighted by molar-refractivity contribution is 7.59. The van der Waals surface area contributed by atoms with Crippen molar-refractivity contribution in [3.8, 4) is 0 Å². The normalized spacial score (nSPS) is 13.8. The molecular weight excluding hydrogens is 346 g/mol. The van der Waals surface area contributed by atoms with Crippen LogP contribution in [0.3, 0.4) is 0 Å². The van der Waals surface area contributed by atoms with Crippen LogP contribution in [0.2, 0.25) is 0 Å². The predicted molar refractivity (Wildman–Crippen MR) is 87.0 cm³/mol. The molecule has 1 atom stereocenters. The zero-order chi connectivity index (χ0) is 17.9. The molecular formula is C13H28O8P2. The largest absolute Gasteiger partial charge is 0.465 e. The molecule has 0 aliphatic heterocycles. The first-order chi connectivity index (χ1) is 10.8. The first-order valence-electron chi connectivity index (χ1n) is 7.75. The van der Waals surface area contributed by atoms with E-state index < -0.39 is 33.0 Å². The number of hydrogen-bond acceptors (Lipinski definition) is 8. The molecule has 10 heteroatoms. The summed E-state index contributed by atoms with van der Waals surface area (Å²) in [6, 6.07) is 0. The highest BCUT2D eigenvalue weighted by atomic mass is 31.2. The van der Waals surface area contributed by atoms with Crippen LogP contribution in [0.15, 0.2) is 0 Å². The van der Waals surface area contributed by atoms with E-state index in [-0.39, 0.29) is 33.0 Å². The standard InChI is InChI=1S/C13H28O8P2/c1-6-17-13(14)12(23(16,20-9-4)21-10-5)11-22(15,18-7-2)19-8-3/h12H,6-11H2,1-5H3. The Morgan fingerprint density at radius 3 is 1.57 bits per heavy atom. The van der Waals surface area contributed by atoms with E-state index in [1.165, 1.54) is 0 Å². The number of rotatable bonds is 13. The van der Waals surface area contributed by atoms with Gasteiger partial charge in [-0.15, -0.1) is 0 Å². The van der Waals surface area contributed by atoms with Crippen LogP contribution >= 0.6 is 15.2 Å². The van der Waals surface area contributed by atoms with Crippen molar-refractivity contribution in [1.29, 1.82) is 0 Å². The van der Waals surface area contributed by atoms with Gasteiger partial charge in [0.15, 0.2) is 5.66 Å². The summed E-state index contributed by atoms with van der Waals surface area (Å²) in [5, 5.41) is 0. The second-order valence-electron chi connectivity index (χ2n) is 4.27. The van der Waals surface area contributed by atoms with Crippen LogP contribution in [0.5, 0.6) is 0 Å². The van der Waals surface area contributed by atoms with Crippen molar-refractivity contribution in [2.24, 2.45) is 0 Å². The van der Waals surface area contributed by atoms with Gasteiger partial charge in [-0.3, -0.25) is 13.9 Å². The Hall–Kier alpha value is -0.230. The molecule has 0 bridgehead atoms. The van der Waals surface area contributed by atoms with Crippen molar-refractivity contribution in [2.45, 2.75) is 40.3 Å². The van der Waals surface area contributed by atoms with Crippen LogP contribution in [-0.4, -0.2) is 50.8 Å². The molecule has 0 aliphatic carbocycles. The summed E-state index contributed by atoms with van der Waals surface area (Å²) in [6.07, 6.45) is -0.426. The second kappa shape index (κ2) is 11.3. The van der Waals surface area contributed by atoms with Crippen molar-refractivity contribution in [1.82, 2.24) is 0 Å². The van der Waals surface area contributed by atoms with E-state index in [1.54, 1.807) is 34.6 Å². The van der Waals surface area contributed by atoms with Crippen molar-refractivity contribution in [2.75, 3.05) is 39.2 Å². The molecule has 0 aliphatic rings. The molecule has 23 heavy (non-hydrogen) atoms. The predicted octanol–water partition coefficient (Wildman–Crippen LogP) is 3.45. The second-order valence-corrected chi connectivity index (χ2v) is 8.60. The zero-order valence-electron chi connectivity index (χ0n) is 14.5. The van der Waals surface area contributed by atoms with Gasteiger partial charge in [-0.05, 0) is 34.6 Å². The molecule has 1 unspecified atom stereocenters. The minimum atomic E-state index is -3.87. The zero-order valence-corrected chi connectivity index (χ0v) is 16.3. The molecule has 0 N–H and O–H groups in total. The fourth-order valence-corrected chi connectivity index (χ4v) is 6.40. The van der Waals surface area contributed by atoms with Gasteiger partial charge in [-0.1, -0.05) is 0 Å². The molecule has 0 radical (unpaired) electrons. The molecule has 0 aromatic heterocycles. The Morgan fingerprint density at radius 1 is 0.783 bits per heavy atom. The molecule has 0 heterocycles. The van der Waals surface area contributed by atoms with Gasteiger partial charge in [0.1, 0.15) is 0 Å². The highest BCUT2D eigenvalue weighted by Gasteiger charge is 2.47. The maximum absolute atomic E-state index is 12.9. The Bertz CT molecular complexity index is 420. The van der Waals surface area contributed by atoms with Crippen LogP contribution in [0.1, 0.15) is 34.6 Å². The molecule has 0 rings (SSSR count). The number of hydrogen-bond donors (Lipinski definition) is 0. The Labute approximate surface area is 138 Å². The molecule has 0 amide bonds. The van der Waals surface area contributed by atoms with E-state index in [0.29, 0.717) is 0 Å². The summed E-state index contributed by atoms with van der Waals surface area (Å²) in [5.74, 6) is -0.808. The lowest BCUT2D eigenvalue weighted by molar-refractivity contribution is -0.142. The van der Waals surface area contributed by atoms with Gasteiger partial charge >= 0.3 is 21.2 Å². The summed E-state index contributed by atoms with van der Waals surface area (Å²) < 4.78 is 51.3. The van der Waals surface area contributed by atoms with Gasteiger partial charge in [0.2, 0.25) is 0 Å². The van der Waals surface area contributed by atoms with Crippen LogP contribution in [0, 0.1) is 0 Å². The quantitative estimate of drug-likeness (QED) is 0.357. The third kappa shape index (κ3) is 7.46. The molecule has 0 saturated carbocycles. The van der Waals surface area contributed by atoms with E-state index in [9.17, 15) is 13.9 Å². The molecule has 8 nitrogen and oxygen atoms in total. The fourth-order valence-electron chi connectivity index (χ4n) is 1.87. The lowest BCUT2D eigenvalue weighted by Gasteiger charge is -2.27. The smallest absolute Gasteiger partial charge is 0.345 e. The van der Waals surface area contributed by atoms with E-state index in [2.05, 4.69) is 0 Å². The molecule has 138 valence electrons. The molecule has 0 fully saturated rings. The third-order valence-corrected chi connectivity index (χ3v) is 7.40. The summed E-state index contributed by atoms with van der Waals surface area (Å²) in [6.45, 7) is 8.64. The van der Waals surface area contributed by atoms with Crippen molar-refractivity contribution in [3.05, 3.63) is 0 Å². The lowest BCUT2D eigenvalue weighted by atomic mass is 10.5. The van der Waals surface area contributed by atoms with Gasteiger partial charge in [-0.2, -0.15) is 0 Å². The van der Waals surface area contributed by atoms with Crippen LogP contribution in [-0.2, 0) is 36.8 Å². The van der Waals surface area contributed by atoms with Gasteiger partial charge in [0, 0.05) is 0 Å². The maximum Gasteiger partial charge on any atom is 0.345 e. The summed E-state index contributed by atoms with van der Waals surface area (Å²) in [5.41, 5.74) is -1.37. The minimum absolute atomic E-state index is 0.0702. The van der Waals surface area contributed by atoms with E-state index >= 15 is 0 Å². The molecule has 0 spiro atoms. The molecule has 0 aromatic carbocycles. The van der Waals surface area contributed by atoms with Gasteiger partial charge in [0.05, 0.1) is 39.2 Å². The summed E-state index contributed by atoms with van der Waals surface area (Å²) in [4.78, 5) is 12.2. The lowest BCUT2D eigenvalue weighted by Crippen LogP contribution is -2.30. The first-order valence-corrected chi connectivity index (χ1v) is 11.1. The van der Waals surface area contributed by atoms with Crippen LogP contribution in [0.4, 0.5) is 0 Å². The minimum Gasteiger partial charge on any atom is -0.465 e. The van der Waals surface area contributed by atoms with Gasteiger partial charge in [0.25, 0.3) is 0 Å². The summed E-state index contributed by atoms with van der Waals surface area (Å²) >= 11 is 0. The van der Waals surface area contributed by atoms with E-state index in [1.807, 2.05) is 0 Å². The molecule has 0 saturated heterocycles. The third-order valence-electron chi connectivity index (χ3n) is 2.61. The first kappa shape index (κ1) is 22.8. The average molecular weight is 374 g/mol. The summed E-state index contributed by atoms with van der Waals surface area (Å²) in [7, 11) is -7.50. The number of ether oxygens (including phenoxy) is 1. The monoisotopic (exact) mass is 374 g/mol. The van der Waals surface area contributed by atoms with Crippen LogP contribution in [0.25, 0.3) is 0 Å². The Morgan fingerprint density at radius 2 is 1.22 bits per heavy atom. The number of esters is 1. The van der Waals surface area contributed by atoms with Crippen molar-refractivity contribution < 1.29 is 36.8 Å². The fraction of sp³-hybridized carbons (Fsp3) is 0.923. The van der Waals surface area contributed by atoms with Gasteiger partial charge in [-0.25, -0.2) is 0 Å². The molecule has 0 aromatic rings. The van der Waals surface area contributed by atoms with E-state index in [0.717, 1.165) is 0 Å². The Kier molecular flexibility index (Phi) is 11.2. The topological polar surface area (TPSA) is 97.4 Å². The highest BCUT2D eigenvalue weighted by Crippen LogP contribution is 2.60. The number of carbonyl (C=O) groups is 1. The average Bonchev–Trinajstić information content (AvgIpc) is 2.46. The van der Waals surface area contributed by atoms with Crippen molar-refractivity contribution >= 4 is 21.2 Å². The van der Waals surface area contributed by atoms with E-state index in [4.69, 9.17) is 22.8 Å². The van der Waals surface area contributed by atoms with Crippen LogP contribution < -0.4 is 0 Å². The van der Waals surface area contributed by atoms with Crippen molar-refractivity contribution in [3.63, 3.8) is 0 Å².